The van der Waals surface area contributed by atoms with E-state index >= 15 is 0 Å². The number of aromatic nitrogens is 3. The maximum atomic E-state index is 4.71. The van der Waals surface area contributed by atoms with E-state index in [0.717, 1.165) is 36.1 Å². The first kappa shape index (κ1) is 13.8. The Morgan fingerprint density at radius 2 is 1.76 bits per heavy atom. The van der Waals surface area contributed by atoms with Crippen LogP contribution >= 0.6 is 0 Å². The summed E-state index contributed by atoms with van der Waals surface area (Å²) < 4.78 is 0. The molecule has 5 heteroatoms. The molecule has 1 fully saturated rings. The second-order valence-electron chi connectivity index (χ2n) is 5.42. The first-order chi connectivity index (χ1) is 10.3. The van der Waals surface area contributed by atoms with Gasteiger partial charge in [0.25, 0.3) is 0 Å². The van der Waals surface area contributed by atoms with Crippen molar-refractivity contribution in [3.8, 4) is 0 Å². The van der Waals surface area contributed by atoms with E-state index in [1.165, 1.54) is 18.4 Å². The van der Waals surface area contributed by atoms with Crippen LogP contribution in [-0.4, -0.2) is 21.5 Å². The summed E-state index contributed by atoms with van der Waals surface area (Å²) in [7, 11) is 0. The molecule has 2 aromatic rings. The molecule has 0 amide bonds. The zero-order valence-corrected chi connectivity index (χ0v) is 12.6. The van der Waals surface area contributed by atoms with Crippen molar-refractivity contribution in [1.29, 1.82) is 0 Å². The molecule has 0 saturated heterocycles. The molecule has 5 nitrogen and oxygen atoms in total. The Morgan fingerprint density at radius 1 is 1.10 bits per heavy atom. The fourth-order valence-electron chi connectivity index (χ4n) is 2.26. The number of hydrogen-bond acceptors (Lipinski definition) is 5. The third-order valence-corrected chi connectivity index (χ3v) is 3.66. The second kappa shape index (κ2) is 6.08. The molecule has 0 unspecified atom stereocenters. The Morgan fingerprint density at radius 3 is 2.38 bits per heavy atom. The average molecular weight is 283 g/mol. The lowest BCUT2D eigenvalue weighted by Gasteiger charge is -2.14. The number of nitrogens with zero attached hydrogens (tertiary/aromatic N) is 3. The predicted octanol–water partition coefficient (Wildman–Crippen LogP) is 3.10. The number of anilines is 2. The van der Waals surface area contributed by atoms with Crippen LogP contribution in [0.15, 0.2) is 24.5 Å². The third kappa shape index (κ3) is 3.29. The first-order valence-electron chi connectivity index (χ1n) is 7.53. The van der Waals surface area contributed by atoms with Gasteiger partial charge in [0.05, 0.1) is 0 Å². The van der Waals surface area contributed by atoms with Crippen molar-refractivity contribution in [2.45, 2.75) is 39.2 Å². The molecule has 0 atom stereocenters. The largest absolute Gasteiger partial charge is 0.370 e. The minimum Gasteiger partial charge on any atom is -0.370 e. The Kier molecular flexibility index (Phi) is 3.99. The van der Waals surface area contributed by atoms with Gasteiger partial charge in [0, 0.05) is 37.0 Å². The lowest BCUT2D eigenvalue weighted by molar-refractivity contribution is 0.908. The molecule has 0 aromatic carbocycles. The van der Waals surface area contributed by atoms with E-state index in [0.29, 0.717) is 5.92 Å². The van der Waals surface area contributed by atoms with E-state index < -0.39 is 0 Å². The van der Waals surface area contributed by atoms with Crippen LogP contribution in [0.5, 0.6) is 0 Å². The van der Waals surface area contributed by atoms with Gasteiger partial charge in [-0.3, -0.25) is 4.98 Å². The van der Waals surface area contributed by atoms with Crippen molar-refractivity contribution in [3.05, 3.63) is 41.5 Å². The highest BCUT2D eigenvalue weighted by atomic mass is 15.1. The quantitative estimate of drug-likeness (QED) is 0.853. The van der Waals surface area contributed by atoms with Gasteiger partial charge in [-0.1, -0.05) is 0 Å². The molecule has 110 valence electrons. The summed E-state index contributed by atoms with van der Waals surface area (Å²) in [5, 5.41) is 6.77. The normalized spacial score (nSPS) is 14.0. The average Bonchev–Trinajstić information content (AvgIpc) is 3.34. The maximum Gasteiger partial charge on any atom is 0.136 e. The van der Waals surface area contributed by atoms with Crippen molar-refractivity contribution in [1.82, 2.24) is 15.0 Å². The van der Waals surface area contributed by atoms with Crippen molar-refractivity contribution in [2.24, 2.45) is 0 Å². The molecule has 0 aliphatic heterocycles. The van der Waals surface area contributed by atoms with E-state index in [1.54, 1.807) is 0 Å². The molecule has 0 bridgehead atoms. The molecule has 2 heterocycles. The minimum absolute atomic E-state index is 0.546. The summed E-state index contributed by atoms with van der Waals surface area (Å²) in [6.07, 6.45) is 6.03. The number of nitrogens with one attached hydrogen (secondary N) is 2. The fourth-order valence-corrected chi connectivity index (χ4v) is 2.26. The van der Waals surface area contributed by atoms with Crippen molar-refractivity contribution < 1.29 is 0 Å². The minimum atomic E-state index is 0.546. The van der Waals surface area contributed by atoms with Crippen LogP contribution in [-0.2, 0) is 6.54 Å². The second-order valence-corrected chi connectivity index (χ2v) is 5.42. The van der Waals surface area contributed by atoms with Crippen molar-refractivity contribution in [3.63, 3.8) is 0 Å². The smallest absolute Gasteiger partial charge is 0.136 e. The van der Waals surface area contributed by atoms with Gasteiger partial charge < -0.3 is 10.6 Å². The Hall–Kier alpha value is -2.17. The molecule has 2 aromatic heterocycles. The van der Waals surface area contributed by atoms with Crippen LogP contribution in [0.2, 0.25) is 0 Å². The first-order valence-corrected chi connectivity index (χ1v) is 7.53. The highest BCUT2D eigenvalue weighted by Crippen LogP contribution is 2.39. The lowest BCUT2D eigenvalue weighted by atomic mass is 10.2. The summed E-state index contributed by atoms with van der Waals surface area (Å²) in [6, 6.07) is 4.02. The zero-order valence-electron chi connectivity index (χ0n) is 12.6. The van der Waals surface area contributed by atoms with Crippen LogP contribution in [0.3, 0.4) is 0 Å². The Bertz CT molecular complexity index is 608. The van der Waals surface area contributed by atoms with Gasteiger partial charge >= 0.3 is 0 Å². The highest BCUT2D eigenvalue weighted by Gasteiger charge is 2.28. The van der Waals surface area contributed by atoms with Crippen LogP contribution in [0.4, 0.5) is 11.6 Å². The number of pyridine rings is 1. The van der Waals surface area contributed by atoms with E-state index in [9.17, 15) is 0 Å². The van der Waals surface area contributed by atoms with Gasteiger partial charge in [-0.25, -0.2) is 9.97 Å². The maximum absolute atomic E-state index is 4.71. The summed E-state index contributed by atoms with van der Waals surface area (Å²) in [5.74, 6) is 3.39. The molecule has 1 aliphatic rings. The van der Waals surface area contributed by atoms with E-state index in [1.807, 2.05) is 24.5 Å². The van der Waals surface area contributed by atoms with Crippen molar-refractivity contribution >= 4 is 11.6 Å². The molecule has 1 aliphatic carbocycles. The number of hydrogen-bond donors (Lipinski definition) is 2. The predicted molar refractivity (Wildman–Crippen MR) is 84.5 cm³/mol. The van der Waals surface area contributed by atoms with Gasteiger partial charge in [-0.05, 0) is 44.4 Å². The molecule has 0 spiro atoms. The van der Waals surface area contributed by atoms with Gasteiger partial charge in [0.1, 0.15) is 17.5 Å². The molecule has 3 rings (SSSR count). The molecule has 21 heavy (non-hydrogen) atoms. The summed E-state index contributed by atoms with van der Waals surface area (Å²) in [4.78, 5) is 13.4. The van der Waals surface area contributed by atoms with Gasteiger partial charge in [-0.15, -0.1) is 0 Å². The van der Waals surface area contributed by atoms with Gasteiger partial charge in [0.15, 0.2) is 0 Å². The van der Waals surface area contributed by atoms with Gasteiger partial charge in [0.2, 0.25) is 0 Å². The van der Waals surface area contributed by atoms with Crippen LogP contribution in [0.1, 0.15) is 42.6 Å². The summed E-state index contributed by atoms with van der Waals surface area (Å²) in [5.41, 5.74) is 2.27. The molecule has 1 saturated carbocycles. The Labute approximate surface area is 125 Å². The standard InChI is InChI=1S/C16H21N5/c1-3-18-14-11(2)15(21-16(20-14)13-4-5-13)19-10-12-6-8-17-9-7-12/h6-9,13H,3-5,10H2,1-2H3,(H2,18,19,20,21). The Balaban J connectivity index is 1.82. The highest BCUT2D eigenvalue weighted by molar-refractivity contribution is 5.57. The SMILES string of the molecule is CCNc1nc(C2CC2)nc(NCc2ccncc2)c1C. The lowest BCUT2D eigenvalue weighted by Crippen LogP contribution is -2.11. The van der Waals surface area contributed by atoms with Crippen LogP contribution in [0.25, 0.3) is 0 Å². The fraction of sp³-hybridized carbons (Fsp3) is 0.438. The molecular weight excluding hydrogens is 262 g/mol. The molecule has 2 N–H and O–H groups in total. The summed E-state index contributed by atoms with van der Waals surface area (Å²) in [6.45, 7) is 5.76. The monoisotopic (exact) mass is 283 g/mol. The van der Waals surface area contributed by atoms with E-state index in [4.69, 9.17) is 4.98 Å². The molecule has 0 radical (unpaired) electrons. The number of rotatable bonds is 6. The van der Waals surface area contributed by atoms with Gasteiger partial charge in [-0.2, -0.15) is 0 Å². The summed E-state index contributed by atoms with van der Waals surface area (Å²) >= 11 is 0. The van der Waals surface area contributed by atoms with Crippen LogP contribution in [0, 0.1) is 6.92 Å². The van der Waals surface area contributed by atoms with E-state index in [2.05, 4.69) is 34.4 Å². The third-order valence-electron chi connectivity index (χ3n) is 3.66. The van der Waals surface area contributed by atoms with Crippen molar-refractivity contribution in [2.75, 3.05) is 17.2 Å². The zero-order chi connectivity index (χ0) is 14.7. The molecular formula is C16H21N5. The van der Waals surface area contributed by atoms with E-state index in [-0.39, 0.29) is 0 Å². The van der Waals surface area contributed by atoms with Crippen LogP contribution < -0.4 is 10.6 Å². The topological polar surface area (TPSA) is 62.7 Å².